The molecule has 2 N–H and O–H groups in total. The number of carbonyl (C=O) groups is 2. The molecule has 0 spiro atoms. The van der Waals surface area contributed by atoms with Gasteiger partial charge >= 0.3 is 11.9 Å². The van der Waals surface area contributed by atoms with Crippen LogP contribution in [0.25, 0.3) is 0 Å². The van der Waals surface area contributed by atoms with Gasteiger partial charge in [0.05, 0.1) is 12.3 Å². The van der Waals surface area contributed by atoms with Crippen LogP contribution >= 0.6 is 0 Å². The Hall–Kier alpha value is -2.38. The average Bonchev–Trinajstić information content (AvgIpc) is 2.77. The highest BCUT2D eigenvalue weighted by atomic mass is 16.7. The Balaban J connectivity index is 2.60. The number of rotatable bonds is 6. The first-order chi connectivity index (χ1) is 8.15. The zero-order valence-corrected chi connectivity index (χ0v) is 9.04. The van der Waals surface area contributed by atoms with Crippen LogP contribution in [0.3, 0.4) is 0 Å². The standard InChI is InChI=1S/C9H11N3O5/c1-2-16-7(13)5-17-12-8(9(14)15)6-3-4-10-11-6/h3-4H,2,5H2,1H3,(H,10,11)(H,14,15)/b12-8-. The monoisotopic (exact) mass is 241 g/mol. The highest BCUT2D eigenvalue weighted by Gasteiger charge is 2.15. The summed E-state index contributed by atoms with van der Waals surface area (Å²) in [7, 11) is 0. The fourth-order valence-electron chi connectivity index (χ4n) is 0.943. The number of carbonyl (C=O) groups excluding carboxylic acids is 1. The predicted octanol–water partition coefficient (Wildman–Crippen LogP) is -0.222. The van der Waals surface area contributed by atoms with Crippen molar-refractivity contribution < 1.29 is 24.3 Å². The highest BCUT2D eigenvalue weighted by molar-refractivity contribution is 6.41. The molecule has 1 heterocycles. The van der Waals surface area contributed by atoms with E-state index in [4.69, 9.17) is 5.11 Å². The minimum atomic E-state index is -1.29. The number of carboxylic acid groups (broad SMARTS) is 1. The van der Waals surface area contributed by atoms with Crippen LogP contribution in [0.1, 0.15) is 12.6 Å². The smallest absolute Gasteiger partial charge is 0.360 e. The number of hydrogen-bond acceptors (Lipinski definition) is 6. The van der Waals surface area contributed by atoms with Crippen molar-refractivity contribution in [2.45, 2.75) is 6.92 Å². The molecule has 0 atom stereocenters. The molecule has 0 fully saturated rings. The molecule has 0 unspecified atom stereocenters. The predicted molar refractivity (Wildman–Crippen MR) is 55.3 cm³/mol. The van der Waals surface area contributed by atoms with Crippen molar-refractivity contribution in [1.82, 2.24) is 10.2 Å². The zero-order chi connectivity index (χ0) is 12.7. The van der Waals surface area contributed by atoms with Gasteiger partial charge in [-0.2, -0.15) is 5.10 Å². The molecule has 92 valence electrons. The van der Waals surface area contributed by atoms with E-state index in [9.17, 15) is 9.59 Å². The Morgan fingerprint density at radius 1 is 1.59 bits per heavy atom. The summed E-state index contributed by atoms with van der Waals surface area (Å²) < 4.78 is 4.57. The molecule has 17 heavy (non-hydrogen) atoms. The molecule has 0 amide bonds. The summed E-state index contributed by atoms with van der Waals surface area (Å²) >= 11 is 0. The van der Waals surface area contributed by atoms with Crippen LogP contribution in [-0.4, -0.2) is 46.2 Å². The lowest BCUT2D eigenvalue weighted by atomic mass is 10.3. The lowest BCUT2D eigenvalue weighted by Crippen LogP contribution is -2.17. The summed E-state index contributed by atoms with van der Waals surface area (Å²) in [6.45, 7) is 1.42. The molecule has 1 rings (SSSR count). The van der Waals surface area contributed by atoms with Gasteiger partial charge < -0.3 is 14.7 Å². The third-order valence-electron chi connectivity index (χ3n) is 1.60. The largest absolute Gasteiger partial charge is 0.476 e. The first-order valence-electron chi connectivity index (χ1n) is 4.73. The average molecular weight is 241 g/mol. The molecule has 0 saturated heterocycles. The summed E-state index contributed by atoms with van der Waals surface area (Å²) in [5.41, 5.74) is -0.187. The molecule has 8 nitrogen and oxygen atoms in total. The Morgan fingerprint density at radius 3 is 2.88 bits per heavy atom. The zero-order valence-electron chi connectivity index (χ0n) is 9.04. The minimum absolute atomic E-state index is 0.182. The summed E-state index contributed by atoms with van der Waals surface area (Å²) in [4.78, 5) is 26.3. The number of ether oxygens (including phenoxy) is 1. The summed E-state index contributed by atoms with van der Waals surface area (Å²) in [5.74, 6) is -1.91. The second-order valence-corrected chi connectivity index (χ2v) is 2.79. The van der Waals surface area contributed by atoms with Gasteiger partial charge in [0, 0.05) is 6.20 Å². The van der Waals surface area contributed by atoms with Crippen LogP contribution in [-0.2, 0) is 19.2 Å². The minimum Gasteiger partial charge on any atom is -0.476 e. The Bertz CT molecular complexity index is 412. The number of carboxylic acids is 1. The molecule has 0 radical (unpaired) electrons. The molecule has 0 saturated carbocycles. The van der Waals surface area contributed by atoms with E-state index in [1.807, 2.05) is 0 Å². The molecule has 1 aromatic rings. The number of aromatic nitrogens is 2. The van der Waals surface area contributed by atoms with E-state index < -0.39 is 18.5 Å². The van der Waals surface area contributed by atoms with Gasteiger partial charge in [0.1, 0.15) is 0 Å². The maximum Gasteiger partial charge on any atom is 0.360 e. The molecule has 0 bridgehead atoms. The number of hydrogen-bond donors (Lipinski definition) is 2. The van der Waals surface area contributed by atoms with E-state index in [0.717, 1.165) is 0 Å². The van der Waals surface area contributed by atoms with Crippen LogP contribution in [0.4, 0.5) is 0 Å². The van der Waals surface area contributed by atoms with E-state index in [0.29, 0.717) is 0 Å². The number of H-pyrrole nitrogens is 1. The van der Waals surface area contributed by atoms with Gasteiger partial charge in [-0.3, -0.25) is 5.10 Å². The SMILES string of the molecule is CCOC(=O)CO/N=C(\C(=O)O)c1ccn[nH]1. The first-order valence-corrected chi connectivity index (χ1v) is 4.73. The molecule has 1 aromatic heterocycles. The molecular weight excluding hydrogens is 230 g/mol. The third-order valence-corrected chi connectivity index (χ3v) is 1.60. The molecule has 0 aromatic carbocycles. The number of oxime groups is 1. The molecule has 0 aliphatic carbocycles. The molecule has 0 aliphatic heterocycles. The third kappa shape index (κ3) is 3.93. The number of nitrogens with one attached hydrogen (secondary N) is 1. The van der Waals surface area contributed by atoms with Gasteiger partial charge in [-0.25, -0.2) is 9.59 Å². The van der Waals surface area contributed by atoms with E-state index in [1.54, 1.807) is 6.92 Å². The van der Waals surface area contributed by atoms with Crippen LogP contribution in [0.2, 0.25) is 0 Å². The van der Waals surface area contributed by atoms with Crippen LogP contribution < -0.4 is 0 Å². The van der Waals surface area contributed by atoms with Crippen molar-refractivity contribution in [3.63, 3.8) is 0 Å². The van der Waals surface area contributed by atoms with Crippen LogP contribution in [0.5, 0.6) is 0 Å². The number of nitrogens with zero attached hydrogens (tertiary/aromatic N) is 2. The van der Waals surface area contributed by atoms with E-state index in [1.165, 1.54) is 12.3 Å². The Labute approximate surface area is 96.2 Å². The van der Waals surface area contributed by atoms with Gasteiger partial charge in [0.2, 0.25) is 12.3 Å². The molecular formula is C9H11N3O5. The van der Waals surface area contributed by atoms with Crippen molar-refractivity contribution in [3.05, 3.63) is 18.0 Å². The second kappa shape index (κ2) is 6.26. The fraction of sp³-hybridized carbons (Fsp3) is 0.333. The van der Waals surface area contributed by atoms with E-state index in [-0.39, 0.29) is 18.0 Å². The first kappa shape index (κ1) is 12.7. The van der Waals surface area contributed by atoms with Crippen molar-refractivity contribution >= 4 is 17.7 Å². The lowest BCUT2D eigenvalue weighted by molar-refractivity contribution is -0.148. The van der Waals surface area contributed by atoms with Crippen molar-refractivity contribution in [2.24, 2.45) is 5.16 Å². The summed E-state index contributed by atoms with van der Waals surface area (Å²) in [6, 6.07) is 1.42. The maximum absolute atomic E-state index is 10.9. The number of aliphatic carboxylic acids is 1. The van der Waals surface area contributed by atoms with Crippen molar-refractivity contribution in [3.8, 4) is 0 Å². The van der Waals surface area contributed by atoms with Crippen LogP contribution in [0, 0.1) is 0 Å². The quantitative estimate of drug-likeness (QED) is 0.404. The summed E-state index contributed by atoms with van der Waals surface area (Å²) in [6.07, 6.45) is 1.37. The fourth-order valence-corrected chi connectivity index (χ4v) is 0.943. The van der Waals surface area contributed by atoms with E-state index in [2.05, 4.69) is 24.9 Å². The Morgan fingerprint density at radius 2 is 2.35 bits per heavy atom. The van der Waals surface area contributed by atoms with Gasteiger partial charge in [-0.05, 0) is 13.0 Å². The summed E-state index contributed by atoms with van der Waals surface area (Å²) in [5, 5.41) is 18.2. The maximum atomic E-state index is 10.9. The highest BCUT2D eigenvalue weighted by Crippen LogP contribution is 1.97. The number of esters is 1. The molecule has 8 heteroatoms. The van der Waals surface area contributed by atoms with Gasteiger partial charge in [0.25, 0.3) is 0 Å². The van der Waals surface area contributed by atoms with Gasteiger partial charge in [0.15, 0.2) is 0 Å². The second-order valence-electron chi connectivity index (χ2n) is 2.79. The van der Waals surface area contributed by atoms with Crippen molar-refractivity contribution in [1.29, 1.82) is 0 Å². The topological polar surface area (TPSA) is 114 Å². The number of aromatic amines is 1. The lowest BCUT2D eigenvalue weighted by Gasteiger charge is -2.01. The van der Waals surface area contributed by atoms with Crippen LogP contribution in [0.15, 0.2) is 17.4 Å². The van der Waals surface area contributed by atoms with Crippen molar-refractivity contribution in [2.75, 3.05) is 13.2 Å². The molecule has 0 aliphatic rings. The van der Waals surface area contributed by atoms with E-state index >= 15 is 0 Å². The van der Waals surface area contributed by atoms with Gasteiger partial charge in [-0.1, -0.05) is 5.16 Å². The van der Waals surface area contributed by atoms with Gasteiger partial charge in [-0.15, -0.1) is 0 Å². The Kier molecular flexibility index (Phi) is 4.67. The normalized spacial score (nSPS) is 11.0.